The highest BCUT2D eigenvalue weighted by Gasteiger charge is 2.28. The number of hydrogen-bond acceptors (Lipinski definition) is 6. The van der Waals surface area contributed by atoms with Gasteiger partial charge in [-0.05, 0) is 44.7 Å². The van der Waals surface area contributed by atoms with Crippen LogP contribution < -0.4 is 5.32 Å². The molecule has 2 N–H and O–H groups in total. The van der Waals surface area contributed by atoms with E-state index in [1.54, 1.807) is 39.1 Å². The number of aromatic nitrogens is 1. The van der Waals surface area contributed by atoms with Gasteiger partial charge in [-0.1, -0.05) is 32.0 Å². The highest BCUT2D eigenvalue weighted by atomic mass is 16.6. The van der Waals surface area contributed by atoms with E-state index in [4.69, 9.17) is 9.47 Å². The summed E-state index contributed by atoms with van der Waals surface area (Å²) in [6, 6.07) is 6.21. The lowest BCUT2D eigenvalue weighted by molar-refractivity contribution is -0.146. The Hall–Kier alpha value is -2.87. The van der Waals surface area contributed by atoms with Crippen molar-refractivity contribution < 1.29 is 29.0 Å². The van der Waals surface area contributed by atoms with Crippen LogP contribution in [0.5, 0.6) is 0 Å². The third-order valence-electron chi connectivity index (χ3n) is 4.61. The summed E-state index contributed by atoms with van der Waals surface area (Å²) in [6.07, 6.45) is 0.197. The first kappa shape index (κ1) is 24.4. The number of rotatable bonds is 7. The van der Waals surface area contributed by atoms with Gasteiger partial charge in [-0.2, -0.15) is 0 Å². The molecule has 0 saturated heterocycles. The van der Waals surface area contributed by atoms with Gasteiger partial charge < -0.3 is 19.9 Å². The van der Waals surface area contributed by atoms with Gasteiger partial charge >= 0.3 is 12.1 Å². The average Bonchev–Trinajstić information content (AvgIpc) is 3.03. The minimum Gasteiger partial charge on any atom is -0.467 e. The molecule has 0 unspecified atom stereocenters. The van der Waals surface area contributed by atoms with Gasteiger partial charge in [0.25, 0.3) is 0 Å². The minimum absolute atomic E-state index is 0.0864. The molecule has 1 amide bonds. The van der Waals surface area contributed by atoms with E-state index in [0.29, 0.717) is 11.1 Å². The number of para-hydroxylation sites is 1. The van der Waals surface area contributed by atoms with Gasteiger partial charge in [0.15, 0.2) is 0 Å². The van der Waals surface area contributed by atoms with Crippen LogP contribution in [-0.4, -0.2) is 52.5 Å². The van der Waals surface area contributed by atoms with Crippen molar-refractivity contribution in [2.45, 2.75) is 65.2 Å². The van der Waals surface area contributed by atoms with E-state index in [1.165, 1.54) is 11.7 Å². The average molecular weight is 433 g/mol. The summed E-state index contributed by atoms with van der Waals surface area (Å²) in [7, 11) is 1.23. The number of nitrogens with one attached hydrogen (secondary N) is 1. The SMILES string of the molecule is COC(=O)[C@@H](Cc1cn(C(=O)OC(C)(C)C)c2ccccc12)NC(=O)[C@@H](O)CC(C)C. The summed E-state index contributed by atoms with van der Waals surface area (Å²) in [4.78, 5) is 37.4. The molecule has 31 heavy (non-hydrogen) atoms. The van der Waals surface area contributed by atoms with Crippen LogP contribution in [0.4, 0.5) is 4.79 Å². The second-order valence-electron chi connectivity index (χ2n) is 8.96. The maximum Gasteiger partial charge on any atom is 0.419 e. The molecule has 2 aromatic rings. The molecule has 0 aliphatic heterocycles. The number of carbonyl (C=O) groups excluding carboxylic acids is 3. The van der Waals surface area contributed by atoms with Gasteiger partial charge in [0.2, 0.25) is 5.91 Å². The van der Waals surface area contributed by atoms with Gasteiger partial charge in [0, 0.05) is 18.0 Å². The first-order valence-corrected chi connectivity index (χ1v) is 10.3. The molecule has 0 aliphatic carbocycles. The van der Waals surface area contributed by atoms with Crippen molar-refractivity contribution in [3.63, 3.8) is 0 Å². The predicted molar refractivity (Wildman–Crippen MR) is 117 cm³/mol. The fourth-order valence-electron chi connectivity index (χ4n) is 3.25. The summed E-state index contributed by atoms with van der Waals surface area (Å²) in [6.45, 7) is 9.12. The molecular weight excluding hydrogens is 400 g/mol. The number of esters is 1. The van der Waals surface area contributed by atoms with Crippen molar-refractivity contribution in [1.82, 2.24) is 9.88 Å². The van der Waals surface area contributed by atoms with Crippen LogP contribution in [0.15, 0.2) is 30.5 Å². The van der Waals surface area contributed by atoms with Crippen LogP contribution in [0, 0.1) is 5.92 Å². The first-order chi connectivity index (χ1) is 14.4. The lowest BCUT2D eigenvalue weighted by atomic mass is 10.0. The second kappa shape index (κ2) is 9.96. The van der Waals surface area contributed by atoms with Gasteiger partial charge in [0.1, 0.15) is 17.7 Å². The Labute approximate surface area is 182 Å². The summed E-state index contributed by atoms with van der Waals surface area (Å²) in [5.74, 6) is -1.16. The molecule has 2 atom stereocenters. The summed E-state index contributed by atoms with van der Waals surface area (Å²) in [5.41, 5.74) is 0.620. The van der Waals surface area contributed by atoms with Crippen LogP contribution in [0.1, 0.15) is 46.6 Å². The number of benzene rings is 1. The van der Waals surface area contributed by atoms with Crippen LogP contribution in [-0.2, 0) is 25.5 Å². The van der Waals surface area contributed by atoms with Crippen molar-refractivity contribution in [2.24, 2.45) is 5.92 Å². The summed E-state index contributed by atoms with van der Waals surface area (Å²) < 4.78 is 11.7. The Bertz CT molecular complexity index is 941. The third-order valence-corrected chi connectivity index (χ3v) is 4.61. The molecule has 0 spiro atoms. The van der Waals surface area contributed by atoms with Crippen LogP contribution in [0.2, 0.25) is 0 Å². The topological polar surface area (TPSA) is 107 Å². The fraction of sp³-hybridized carbons (Fsp3) is 0.522. The Kier molecular flexibility index (Phi) is 7.84. The molecule has 170 valence electrons. The number of amides is 1. The molecule has 0 bridgehead atoms. The number of fused-ring (bicyclic) bond motifs is 1. The van der Waals surface area contributed by atoms with E-state index >= 15 is 0 Å². The number of methoxy groups -OCH3 is 1. The molecule has 1 aromatic carbocycles. The molecule has 0 fully saturated rings. The molecule has 8 heteroatoms. The predicted octanol–water partition coefficient (Wildman–Crippen LogP) is 3.03. The number of nitrogens with zero attached hydrogens (tertiary/aromatic N) is 1. The lowest BCUT2D eigenvalue weighted by Crippen LogP contribution is -2.47. The second-order valence-corrected chi connectivity index (χ2v) is 8.96. The maximum absolute atomic E-state index is 12.7. The molecule has 0 radical (unpaired) electrons. The van der Waals surface area contributed by atoms with Crippen LogP contribution in [0.3, 0.4) is 0 Å². The van der Waals surface area contributed by atoms with Gasteiger partial charge in [-0.15, -0.1) is 0 Å². The van der Waals surface area contributed by atoms with E-state index in [1.807, 2.05) is 26.0 Å². The quantitative estimate of drug-likeness (QED) is 0.652. The van der Waals surface area contributed by atoms with Gasteiger partial charge in [0.05, 0.1) is 12.6 Å². The van der Waals surface area contributed by atoms with Gasteiger partial charge in [-0.3, -0.25) is 9.36 Å². The van der Waals surface area contributed by atoms with Crippen molar-refractivity contribution in [2.75, 3.05) is 7.11 Å². The largest absolute Gasteiger partial charge is 0.467 e. The molecular formula is C23H32N2O6. The fourth-order valence-corrected chi connectivity index (χ4v) is 3.25. The van der Waals surface area contributed by atoms with E-state index in [2.05, 4.69) is 5.32 Å². The third kappa shape index (κ3) is 6.55. The standard InChI is InChI=1S/C23H32N2O6/c1-14(2)11-19(26)20(27)24-17(21(28)30-6)12-15-13-25(22(29)31-23(3,4)5)18-10-8-7-9-16(15)18/h7-10,13-14,17,19,26H,11-12H2,1-6H3,(H,24,27)/t17-,19+/m1/s1. The van der Waals surface area contributed by atoms with Crippen molar-refractivity contribution >= 4 is 28.9 Å². The molecule has 0 aliphatic rings. The maximum atomic E-state index is 12.7. The minimum atomic E-state index is -1.23. The molecule has 2 rings (SSSR count). The number of aliphatic hydroxyl groups is 1. The number of carbonyl (C=O) groups is 3. The van der Waals surface area contributed by atoms with Gasteiger partial charge in [-0.25, -0.2) is 9.59 Å². The van der Waals surface area contributed by atoms with E-state index in [-0.39, 0.29) is 18.8 Å². The Morgan fingerprint density at radius 1 is 1.16 bits per heavy atom. The van der Waals surface area contributed by atoms with E-state index in [9.17, 15) is 19.5 Å². The van der Waals surface area contributed by atoms with Crippen molar-refractivity contribution in [1.29, 1.82) is 0 Å². The van der Waals surface area contributed by atoms with Crippen LogP contribution in [0.25, 0.3) is 10.9 Å². The summed E-state index contributed by atoms with van der Waals surface area (Å²) in [5, 5.41) is 13.4. The zero-order chi connectivity index (χ0) is 23.3. The smallest absolute Gasteiger partial charge is 0.419 e. The Morgan fingerprint density at radius 3 is 2.39 bits per heavy atom. The van der Waals surface area contributed by atoms with Crippen molar-refractivity contribution in [3.05, 3.63) is 36.0 Å². The summed E-state index contributed by atoms with van der Waals surface area (Å²) >= 11 is 0. The van der Waals surface area contributed by atoms with E-state index in [0.717, 1.165) is 5.39 Å². The van der Waals surface area contributed by atoms with Crippen molar-refractivity contribution in [3.8, 4) is 0 Å². The number of hydrogen-bond donors (Lipinski definition) is 2. The highest BCUT2D eigenvalue weighted by Crippen LogP contribution is 2.24. The molecule has 1 heterocycles. The zero-order valence-electron chi connectivity index (χ0n) is 19.0. The molecule has 8 nitrogen and oxygen atoms in total. The van der Waals surface area contributed by atoms with Crippen LogP contribution >= 0.6 is 0 Å². The first-order valence-electron chi connectivity index (χ1n) is 10.3. The highest BCUT2D eigenvalue weighted by molar-refractivity contribution is 5.93. The normalized spacial score (nSPS) is 13.7. The lowest BCUT2D eigenvalue weighted by Gasteiger charge is -2.20. The number of ether oxygens (including phenoxy) is 2. The Balaban J connectivity index is 2.34. The monoisotopic (exact) mass is 432 g/mol. The molecule has 0 saturated carbocycles. The Morgan fingerprint density at radius 2 is 1.81 bits per heavy atom. The van der Waals surface area contributed by atoms with E-state index < -0.39 is 35.7 Å². The zero-order valence-corrected chi connectivity index (χ0v) is 19.0. The molecule has 1 aromatic heterocycles. The number of aliphatic hydroxyl groups excluding tert-OH is 1.